The molecule has 150 valence electrons. The smallest absolute Gasteiger partial charge is 0.234 e. The number of thioether (sulfide) groups is 2. The van der Waals surface area contributed by atoms with Crippen LogP contribution in [0.3, 0.4) is 0 Å². The molecular formula is C21H21ClN4OS2. The molecule has 2 aromatic carbocycles. The number of hydrogen-bond acceptors (Lipinski definition) is 5. The van der Waals surface area contributed by atoms with Gasteiger partial charge in [-0.05, 0) is 30.7 Å². The number of halogens is 1. The number of carbonyl (C=O) groups is 1. The van der Waals surface area contributed by atoms with Gasteiger partial charge in [0.05, 0.1) is 11.4 Å². The van der Waals surface area contributed by atoms with Crippen LogP contribution in [0.15, 0.2) is 71.2 Å². The molecule has 0 saturated heterocycles. The van der Waals surface area contributed by atoms with Gasteiger partial charge in [0.15, 0.2) is 5.16 Å². The van der Waals surface area contributed by atoms with Crippen LogP contribution in [0.1, 0.15) is 11.4 Å². The maximum Gasteiger partial charge on any atom is 0.234 e. The van der Waals surface area contributed by atoms with E-state index in [2.05, 4.69) is 22.1 Å². The first-order valence-corrected chi connectivity index (χ1v) is 11.3. The van der Waals surface area contributed by atoms with Crippen LogP contribution in [-0.2, 0) is 17.1 Å². The van der Waals surface area contributed by atoms with Gasteiger partial charge in [-0.15, -0.1) is 28.5 Å². The predicted molar refractivity (Wildman–Crippen MR) is 122 cm³/mol. The number of anilines is 1. The summed E-state index contributed by atoms with van der Waals surface area (Å²) in [5.74, 6) is 1.69. The lowest BCUT2D eigenvalue weighted by Gasteiger charge is -2.11. The van der Waals surface area contributed by atoms with E-state index in [1.807, 2.05) is 60.0 Å². The minimum absolute atomic E-state index is 0.0911. The molecule has 1 N–H and O–H groups in total. The maximum atomic E-state index is 12.5. The number of nitrogens with zero attached hydrogens (tertiary/aromatic N) is 3. The van der Waals surface area contributed by atoms with Crippen molar-refractivity contribution in [2.75, 3.05) is 11.1 Å². The summed E-state index contributed by atoms with van der Waals surface area (Å²) in [7, 11) is 0. The number of para-hydroxylation sites is 1. The summed E-state index contributed by atoms with van der Waals surface area (Å²) in [6.45, 7) is 6.25. The van der Waals surface area contributed by atoms with Gasteiger partial charge in [-0.2, -0.15) is 0 Å². The van der Waals surface area contributed by atoms with E-state index in [-0.39, 0.29) is 11.7 Å². The van der Waals surface area contributed by atoms with Gasteiger partial charge in [-0.3, -0.25) is 4.79 Å². The minimum Gasteiger partial charge on any atom is -0.324 e. The molecule has 0 radical (unpaired) electrons. The Morgan fingerprint density at radius 3 is 2.72 bits per heavy atom. The predicted octanol–water partition coefficient (Wildman–Crippen LogP) is 5.45. The van der Waals surface area contributed by atoms with Crippen molar-refractivity contribution >= 4 is 46.7 Å². The number of amides is 1. The van der Waals surface area contributed by atoms with E-state index < -0.39 is 0 Å². The monoisotopic (exact) mass is 444 g/mol. The van der Waals surface area contributed by atoms with Gasteiger partial charge >= 0.3 is 0 Å². The molecule has 8 heteroatoms. The summed E-state index contributed by atoms with van der Waals surface area (Å²) in [4.78, 5) is 13.5. The Morgan fingerprint density at radius 2 is 1.93 bits per heavy atom. The van der Waals surface area contributed by atoms with Gasteiger partial charge in [-0.1, -0.05) is 59.8 Å². The molecule has 0 bridgehead atoms. The summed E-state index contributed by atoms with van der Waals surface area (Å²) in [5, 5.41) is 12.7. The number of aromatic nitrogens is 3. The quantitative estimate of drug-likeness (QED) is 0.351. The third kappa shape index (κ3) is 5.88. The van der Waals surface area contributed by atoms with Crippen molar-refractivity contribution < 1.29 is 4.79 Å². The molecule has 1 aromatic heterocycles. The van der Waals surface area contributed by atoms with Gasteiger partial charge in [0, 0.05) is 22.2 Å². The van der Waals surface area contributed by atoms with Crippen LogP contribution in [0, 0.1) is 6.92 Å². The number of nitrogens with one attached hydrogen (secondary N) is 1. The molecule has 1 heterocycles. The number of allylic oxidation sites excluding steroid dienone is 1. The van der Waals surface area contributed by atoms with E-state index in [1.165, 1.54) is 11.8 Å². The molecular weight excluding hydrogens is 424 g/mol. The molecule has 0 spiro atoms. The van der Waals surface area contributed by atoms with Crippen molar-refractivity contribution in [3.05, 3.63) is 77.6 Å². The number of rotatable bonds is 9. The lowest BCUT2D eigenvalue weighted by atomic mass is 10.2. The second-order valence-corrected chi connectivity index (χ2v) is 8.51. The Kier molecular flexibility index (Phi) is 7.80. The zero-order chi connectivity index (χ0) is 20.6. The van der Waals surface area contributed by atoms with Crippen molar-refractivity contribution in [1.29, 1.82) is 0 Å². The first kappa shape index (κ1) is 21.5. The van der Waals surface area contributed by atoms with E-state index in [0.29, 0.717) is 11.7 Å². The lowest BCUT2D eigenvalue weighted by Crippen LogP contribution is -2.15. The maximum absolute atomic E-state index is 12.5. The van der Waals surface area contributed by atoms with Crippen LogP contribution < -0.4 is 5.32 Å². The van der Waals surface area contributed by atoms with E-state index in [9.17, 15) is 4.79 Å². The molecule has 0 unspecified atom stereocenters. The van der Waals surface area contributed by atoms with Crippen molar-refractivity contribution in [3.63, 3.8) is 0 Å². The molecule has 0 aliphatic heterocycles. The Morgan fingerprint density at radius 1 is 1.17 bits per heavy atom. The van der Waals surface area contributed by atoms with Crippen LogP contribution >= 0.6 is 35.1 Å². The molecule has 3 aromatic rings. The second kappa shape index (κ2) is 10.5. The number of hydrogen-bond donors (Lipinski definition) is 1. The second-order valence-electron chi connectivity index (χ2n) is 6.14. The summed E-state index contributed by atoms with van der Waals surface area (Å²) < 4.78 is 1.93. The summed E-state index contributed by atoms with van der Waals surface area (Å²) in [6.07, 6.45) is 1.78. The molecule has 0 saturated carbocycles. The van der Waals surface area contributed by atoms with Crippen LogP contribution in [0.4, 0.5) is 5.69 Å². The third-order valence-electron chi connectivity index (χ3n) is 4.05. The Balaban J connectivity index is 1.61. The van der Waals surface area contributed by atoms with Gasteiger partial charge in [0.1, 0.15) is 5.82 Å². The highest BCUT2D eigenvalue weighted by atomic mass is 35.5. The summed E-state index contributed by atoms with van der Waals surface area (Å²) >= 11 is 9.24. The Labute approximate surface area is 183 Å². The zero-order valence-electron chi connectivity index (χ0n) is 16.0. The van der Waals surface area contributed by atoms with Crippen LogP contribution in [0.2, 0.25) is 5.02 Å². The van der Waals surface area contributed by atoms with Gasteiger partial charge in [0.25, 0.3) is 0 Å². The Hall–Kier alpha value is -2.22. The highest BCUT2D eigenvalue weighted by Gasteiger charge is 2.12. The number of benzene rings is 2. The molecule has 3 rings (SSSR count). The first-order chi connectivity index (χ1) is 14.1. The van der Waals surface area contributed by atoms with Crippen molar-refractivity contribution in [2.24, 2.45) is 0 Å². The van der Waals surface area contributed by atoms with Crippen molar-refractivity contribution in [3.8, 4) is 0 Å². The fourth-order valence-electron chi connectivity index (χ4n) is 2.59. The molecule has 5 nitrogen and oxygen atoms in total. The van der Waals surface area contributed by atoms with Gasteiger partial charge < -0.3 is 9.88 Å². The minimum atomic E-state index is -0.0911. The molecule has 0 aliphatic rings. The fraction of sp³-hybridized carbons (Fsp3) is 0.190. The number of carbonyl (C=O) groups excluding carboxylic acids is 1. The molecule has 0 aliphatic carbocycles. The zero-order valence-corrected chi connectivity index (χ0v) is 18.4. The topological polar surface area (TPSA) is 59.8 Å². The first-order valence-electron chi connectivity index (χ1n) is 8.97. The van der Waals surface area contributed by atoms with E-state index in [4.69, 9.17) is 11.6 Å². The van der Waals surface area contributed by atoms with E-state index in [1.54, 1.807) is 17.8 Å². The van der Waals surface area contributed by atoms with Crippen LogP contribution in [-0.4, -0.2) is 26.4 Å². The van der Waals surface area contributed by atoms with Gasteiger partial charge in [-0.25, -0.2) is 0 Å². The SMILES string of the molecule is C=CCn1c(C)nnc1SCC(=O)Nc1ccccc1SCc1ccccc1Cl. The largest absolute Gasteiger partial charge is 0.324 e. The Bertz CT molecular complexity index is 1010. The fourth-order valence-corrected chi connectivity index (χ4v) is 4.68. The average Bonchev–Trinajstić information content (AvgIpc) is 3.07. The van der Waals surface area contributed by atoms with Crippen molar-refractivity contribution in [2.45, 2.75) is 29.3 Å². The molecule has 29 heavy (non-hydrogen) atoms. The van der Waals surface area contributed by atoms with Gasteiger partial charge in [0.2, 0.25) is 5.91 Å². The summed E-state index contributed by atoms with van der Waals surface area (Å²) in [6, 6.07) is 15.5. The van der Waals surface area contributed by atoms with E-state index >= 15 is 0 Å². The number of aryl methyl sites for hydroxylation is 1. The highest BCUT2D eigenvalue weighted by molar-refractivity contribution is 7.99. The molecule has 0 atom stereocenters. The lowest BCUT2D eigenvalue weighted by molar-refractivity contribution is -0.113. The summed E-state index contributed by atoms with van der Waals surface area (Å²) in [5.41, 5.74) is 1.85. The third-order valence-corrected chi connectivity index (χ3v) is 6.51. The van der Waals surface area contributed by atoms with Crippen molar-refractivity contribution in [1.82, 2.24) is 14.8 Å². The normalized spacial score (nSPS) is 10.7. The van der Waals surface area contributed by atoms with Crippen LogP contribution in [0.5, 0.6) is 0 Å². The average molecular weight is 445 g/mol. The van der Waals surface area contributed by atoms with E-state index in [0.717, 1.165) is 32.7 Å². The molecule has 1 amide bonds. The highest BCUT2D eigenvalue weighted by Crippen LogP contribution is 2.32. The standard InChI is InChI=1S/C21H21ClN4OS2/c1-3-12-26-15(2)24-25-21(26)29-14-20(27)23-18-10-6-7-11-19(18)28-13-16-8-4-5-9-17(16)22/h3-11H,1,12-14H2,2H3,(H,23,27). The van der Waals surface area contributed by atoms with Crippen LogP contribution in [0.25, 0.3) is 0 Å². The molecule has 0 fully saturated rings.